The van der Waals surface area contributed by atoms with Crippen LogP contribution in [0.5, 0.6) is 0 Å². The molecule has 0 aliphatic rings. The van der Waals surface area contributed by atoms with Crippen LogP contribution in [0.4, 0.5) is 11.4 Å². The molecule has 100 valence electrons. The smallest absolute Gasteiger partial charge is 0.278 e. The Morgan fingerprint density at radius 3 is 2.74 bits per heavy atom. The minimum absolute atomic E-state index is 0.134. The van der Waals surface area contributed by atoms with Gasteiger partial charge in [-0.15, -0.1) is 0 Å². The number of nitrogens with two attached hydrogens (primary N) is 1. The van der Waals surface area contributed by atoms with Crippen LogP contribution in [0.3, 0.4) is 0 Å². The molecule has 19 heavy (non-hydrogen) atoms. The first-order chi connectivity index (χ1) is 9.04. The van der Waals surface area contributed by atoms with Gasteiger partial charge in [-0.3, -0.25) is 9.48 Å². The monoisotopic (exact) mass is 258 g/mol. The number of rotatable bonds is 3. The Balaban J connectivity index is 2.40. The van der Waals surface area contributed by atoms with Crippen LogP contribution in [-0.4, -0.2) is 22.2 Å². The largest absolute Gasteiger partial charge is 0.396 e. The van der Waals surface area contributed by atoms with Crippen LogP contribution in [0.1, 0.15) is 23.0 Å². The fourth-order valence-electron chi connectivity index (χ4n) is 2.08. The van der Waals surface area contributed by atoms with Gasteiger partial charge in [0.15, 0.2) is 0 Å². The van der Waals surface area contributed by atoms with E-state index in [-0.39, 0.29) is 5.91 Å². The number of benzene rings is 1. The van der Waals surface area contributed by atoms with Gasteiger partial charge in [0.25, 0.3) is 5.91 Å². The highest BCUT2D eigenvalue weighted by Gasteiger charge is 2.21. The average Bonchev–Trinajstić information content (AvgIpc) is 2.70. The molecular formula is C14H18N4O. The molecule has 0 aliphatic heterocycles. The van der Waals surface area contributed by atoms with Crippen molar-refractivity contribution in [2.24, 2.45) is 7.05 Å². The van der Waals surface area contributed by atoms with Crippen molar-refractivity contribution in [2.45, 2.75) is 13.8 Å². The molecule has 0 bridgehead atoms. The standard InChI is InChI=1S/C14H18N4O/c1-4-18(11-7-5-6-10(2)8-11)14(19)13-12(15)9-16-17(13)3/h5-9H,4,15H2,1-3H3. The minimum Gasteiger partial charge on any atom is -0.396 e. The summed E-state index contributed by atoms with van der Waals surface area (Å²) in [6.45, 7) is 4.51. The van der Waals surface area contributed by atoms with Crippen molar-refractivity contribution in [2.75, 3.05) is 17.2 Å². The average molecular weight is 258 g/mol. The predicted octanol–water partition coefficient (Wildman–Crippen LogP) is 1.98. The molecular weight excluding hydrogens is 240 g/mol. The third-order valence-electron chi connectivity index (χ3n) is 3.04. The lowest BCUT2D eigenvalue weighted by molar-refractivity contribution is 0.0980. The summed E-state index contributed by atoms with van der Waals surface area (Å²) in [4.78, 5) is 14.3. The SMILES string of the molecule is CCN(C(=O)c1c(N)cnn1C)c1cccc(C)c1. The summed E-state index contributed by atoms with van der Waals surface area (Å²) in [6, 6.07) is 7.84. The topological polar surface area (TPSA) is 64.2 Å². The Kier molecular flexibility index (Phi) is 3.55. The lowest BCUT2D eigenvalue weighted by atomic mass is 10.2. The lowest BCUT2D eigenvalue weighted by Crippen LogP contribution is -2.32. The number of carbonyl (C=O) groups excluding carboxylic acids is 1. The second-order valence-corrected chi connectivity index (χ2v) is 4.46. The third-order valence-corrected chi connectivity index (χ3v) is 3.04. The van der Waals surface area contributed by atoms with Crippen molar-refractivity contribution < 1.29 is 4.79 Å². The van der Waals surface area contributed by atoms with Gasteiger partial charge in [0.05, 0.1) is 11.9 Å². The van der Waals surface area contributed by atoms with Crippen molar-refractivity contribution in [3.05, 3.63) is 41.7 Å². The Morgan fingerprint density at radius 1 is 1.47 bits per heavy atom. The van der Waals surface area contributed by atoms with E-state index in [1.54, 1.807) is 11.9 Å². The number of carbonyl (C=O) groups is 1. The maximum Gasteiger partial charge on any atom is 0.278 e. The highest BCUT2D eigenvalue weighted by atomic mass is 16.2. The molecule has 1 heterocycles. The molecule has 0 radical (unpaired) electrons. The van der Waals surface area contributed by atoms with E-state index in [9.17, 15) is 4.79 Å². The fourth-order valence-corrected chi connectivity index (χ4v) is 2.08. The van der Waals surface area contributed by atoms with Crippen molar-refractivity contribution in [1.82, 2.24) is 9.78 Å². The molecule has 1 aromatic heterocycles. The van der Waals surface area contributed by atoms with Crippen LogP contribution in [0.15, 0.2) is 30.5 Å². The summed E-state index contributed by atoms with van der Waals surface area (Å²) in [5, 5.41) is 4.01. The van der Waals surface area contributed by atoms with Crippen LogP contribution in [-0.2, 0) is 7.05 Å². The molecule has 0 atom stereocenters. The van der Waals surface area contributed by atoms with Gasteiger partial charge in [-0.1, -0.05) is 12.1 Å². The van der Waals surface area contributed by atoms with Crippen LogP contribution in [0.25, 0.3) is 0 Å². The first-order valence-corrected chi connectivity index (χ1v) is 6.20. The fraction of sp³-hybridized carbons (Fsp3) is 0.286. The summed E-state index contributed by atoms with van der Waals surface area (Å²) in [7, 11) is 1.72. The highest BCUT2D eigenvalue weighted by molar-refractivity contribution is 6.08. The summed E-state index contributed by atoms with van der Waals surface area (Å²) >= 11 is 0. The van der Waals surface area contributed by atoms with Gasteiger partial charge in [0.1, 0.15) is 5.69 Å². The van der Waals surface area contributed by atoms with Crippen LogP contribution >= 0.6 is 0 Å². The van der Waals surface area contributed by atoms with E-state index in [1.165, 1.54) is 10.9 Å². The number of aromatic nitrogens is 2. The molecule has 0 saturated carbocycles. The van der Waals surface area contributed by atoms with E-state index in [2.05, 4.69) is 5.10 Å². The summed E-state index contributed by atoms with van der Waals surface area (Å²) in [5.74, 6) is -0.134. The van der Waals surface area contributed by atoms with Crippen molar-refractivity contribution in [3.8, 4) is 0 Å². The molecule has 2 rings (SSSR count). The number of amides is 1. The molecule has 2 aromatic rings. The van der Waals surface area contributed by atoms with Crippen LogP contribution < -0.4 is 10.6 Å². The normalized spacial score (nSPS) is 10.5. The van der Waals surface area contributed by atoms with Gasteiger partial charge in [-0.2, -0.15) is 5.10 Å². The zero-order valence-corrected chi connectivity index (χ0v) is 11.4. The molecule has 0 unspecified atom stereocenters. The molecule has 0 saturated heterocycles. The first kappa shape index (κ1) is 13.1. The lowest BCUT2D eigenvalue weighted by Gasteiger charge is -2.21. The van der Waals surface area contributed by atoms with Crippen molar-refractivity contribution >= 4 is 17.3 Å². The number of hydrogen-bond acceptors (Lipinski definition) is 3. The Morgan fingerprint density at radius 2 is 2.21 bits per heavy atom. The molecule has 1 aromatic carbocycles. The molecule has 5 heteroatoms. The molecule has 5 nitrogen and oxygen atoms in total. The number of nitrogens with zero attached hydrogens (tertiary/aromatic N) is 3. The molecule has 0 aliphatic carbocycles. The molecule has 1 amide bonds. The number of hydrogen-bond donors (Lipinski definition) is 1. The highest BCUT2D eigenvalue weighted by Crippen LogP contribution is 2.20. The minimum atomic E-state index is -0.134. The van der Waals surface area contributed by atoms with Gasteiger partial charge in [-0.05, 0) is 31.5 Å². The number of anilines is 2. The van der Waals surface area contributed by atoms with Gasteiger partial charge >= 0.3 is 0 Å². The Hall–Kier alpha value is -2.30. The predicted molar refractivity (Wildman–Crippen MR) is 76.1 cm³/mol. The maximum absolute atomic E-state index is 12.6. The van der Waals surface area contributed by atoms with E-state index in [0.717, 1.165) is 11.3 Å². The first-order valence-electron chi connectivity index (χ1n) is 6.20. The Bertz CT molecular complexity index is 584. The number of nitrogen functional groups attached to an aromatic ring is 1. The van der Waals surface area contributed by atoms with Crippen molar-refractivity contribution in [3.63, 3.8) is 0 Å². The van der Waals surface area contributed by atoms with Crippen molar-refractivity contribution in [1.29, 1.82) is 0 Å². The molecule has 2 N–H and O–H groups in total. The second-order valence-electron chi connectivity index (χ2n) is 4.46. The summed E-state index contributed by atoms with van der Waals surface area (Å²) in [6.07, 6.45) is 1.50. The van der Waals surface area contributed by atoms with Gasteiger partial charge in [0.2, 0.25) is 0 Å². The third kappa shape index (κ3) is 2.45. The van der Waals surface area contributed by atoms with Gasteiger partial charge in [0, 0.05) is 19.3 Å². The maximum atomic E-state index is 12.6. The van der Waals surface area contributed by atoms with E-state index in [1.807, 2.05) is 38.1 Å². The molecule has 0 fully saturated rings. The number of aryl methyl sites for hydroxylation is 2. The van der Waals surface area contributed by atoms with E-state index < -0.39 is 0 Å². The summed E-state index contributed by atoms with van der Waals surface area (Å²) in [5.41, 5.74) is 8.61. The zero-order valence-electron chi connectivity index (χ0n) is 11.4. The van der Waals surface area contributed by atoms with Gasteiger partial charge < -0.3 is 10.6 Å². The second kappa shape index (κ2) is 5.14. The van der Waals surface area contributed by atoms with E-state index >= 15 is 0 Å². The van der Waals surface area contributed by atoms with Crippen LogP contribution in [0.2, 0.25) is 0 Å². The van der Waals surface area contributed by atoms with E-state index in [0.29, 0.717) is 17.9 Å². The quantitative estimate of drug-likeness (QED) is 0.915. The molecule has 0 spiro atoms. The van der Waals surface area contributed by atoms with Crippen LogP contribution in [0, 0.1) is 6.92 Å². The van der Waals surface area contributed by atoms with E-state index in [4.69, 9.17) is 5.73 Å². The van der Waals surface area contributed by atoms with Gasteiger partial charge in [-0.25, -0.2) is 0 Å². The zero-order chi connectivity index (χ0) is 14.0. The summed E-state index contributed by atoms with van der Waals surface area (Å²) < 4.78 is 1.51. The Labute approximate surface area is 112 Å².